The van der Waals surface area contributed by atoms with Gasteiger partial charge in [0.2, 0.25) is 0 Å². The Morgan fingerprint density at radius 1 is 1.31 bits per heavy atom. The maximum absolute atomic E-state index is 11.2. The minimum atomic E-state index is -0.856. The van der Waals surface area contributed by atoms with Gasteiger partial charge in [0.1, 0.15) is 34.3 Å². The number of nitrogens with one attached hydrogen (secondary N) is 1. The van der Waals surface area contributed by atoms with Gasteiger partial charge in [0, 0.05) is 35.9 Å². The molecule has 0 saturated carbocycles. The Morgan fingerprint density at radius 3 is 2.79 bits per heavy atom. The molecule has 1 aromatic carbocycles. The number of thiazole rings is 1. The lowest BCUT2D eigenvalue weighted by molar-refractivity contribution is -0.139. The summed E-state index contributed by atoms with van der Waals surface area (Å²) < 4.78 is 11.6. The maximum Gasteiger partial charge on any atom is 0.320 e. The fourth-order valence-electron chi connectivity index (χ4n) is 3.34. The van der Waals surface area contributed by atoms with Crippen molar-refractivity contribution in [3.63, 3.8) is 0 Å². The molecule has 3 aromatic rings. The molecule has 2 atom stereocenters. The van der Waals surface area contributed by atoms with Gasteiger partial charge in [-0.25, -0.2) is 9.97 Å². The lowest BCUT2D eigenvalue weighted by Gasteiger charge is -2.16. The van der Waals surface area contributed by atoms with Gasteiger partial charge >= 0.3 is 5.97 Å². The van der Waals surface area contributed by atoms with E-state index in [0.717, 1.165) is 27.3 Å². The van der Waals surface area contributed by atoms with Crippen LogP contribution in [0.15, 0.2) is 29.6 Å². The Balaban J connectivity index is 1.74. The Kier molecular flexibility index (Phi) is 5.38. The second-order valence-electron chi connectivity index (χ2n) is 7.40. The standard InChI is InChI=1S/C21H23N3O4S/c1-11(2)18-10-29-20(24-18)16-8-19(28-13-7-17(21(25)26)22-9-13)14-5-4-12(27-3)6-15(14)23-16/h4-6,8,10-11,13,17,22H,7,9H2,1-3H3,(H,25,26). The quantitative estimate of drug-likeness (QED) is 0.637. The molecule has 1 aliphatic rings. The summed E-state index contributed by atoms with van der Waals surface area (Å²) in [6.45, 7) is 4.71. The Labute approximate surface area is 172 Å². The predicted molar refractivity (Wildman–Crippen MR) is 112 cm³/mol. The number of hydrogen-bond donors (Lipinski definition) is 2. The summed E-state index contributed by atoms with van der Waals surface area (Å²) in [6.07, 6.45) is 0.193. The van der Waals surface area contributed by atoms with E-state index in [1.807, 2.05) is 24.3 Å². The van der Waals surface area contributed by atoms with Gasteiger partial charge in [-0.05, 0) is 18.1 Å². The van der Waals surface area contributed by atoms with Gasteiger partial charge in [-0.15, -0.1) is 11.3 Å². The van der Waals surface area contributed by atoms with E-state index >= 15 is 0 Å². The first kappa shape index (κ1) is 19.6. The molecule has 1 fully saturated rings. The van der Waals surface area contributed by atoms with Gasteiger partial charge in [0.15, 0.2) is 0 Å². The highest BCUT2D eigenvalue weighted by molar-refractivity contribution is 7.13. The van der Waals surface area contributed by atoms with Crippen LogP contribution in [0.1, 0.15) is 31.9 Å². The largest absolute Gasteiger partial charge is 0.497 e. The van der Waals surface area contributed by atoms with Crippen molar-refractivity contribution in [2.45, 2.75) is 38.3 Å². The number of ether oxygens (including phenoxy) is 2. The van der Waals surface area contributed by atoms with Crippen molar-refractivity contribution in [3.05, 3.63) is 35.3 Å². The van der Waals surface area contributed by atoms with Crippen molar-refractivity contribution in [1.29, 1.82) is 0 Å². The summed E-state index contributed by atoms with van der Waals surface area (Å²) in [5.41, 5.74) is 2.52. The Morgan fingerprint density at radius 2 is 2.14 bits per heavy atom. The molecule has 2 aromatic heterocycles. The summed E-state index contributed by atoms with van der Waals surface area (Å²) in [5, 5.41) is 15.9. The number of pyridine rings is 1. The third kappa shape index (κ3) is 4.04. The zero-order chi connectivity index (χ0) is 20.5. The van der Waals surface area contributed by atoms with E-state index in [-0.39, 0.29) is 6.10 Å². The van der Waals surface area contributed by atoms with Gasteiger partial charge in [0.25, 0.3) is 0 Å². The summed E-state index contributed by atoms with van der Waals surface area (Å²) in [6, 6.07) is 6.96. The Bertz CT molecular complexity index is 1050. The number of carboxylic acids is 1. The van der Waals surface area contributed by atoms with E-state index in [4.69, 9.17) is 19.4 Å². The predicted octanol–water partition coefficient (Wildman–Crippen LogP) is 3.68. The molecule has 7 nitrogen and oxygen atoms in total. The van der Waals surface area contributed by atoms with Crippen LogP contribution in [0, 0.1) is 0 Å². The molecular weight excluding hydrogens is 390 g/mol. The van der Waals surface area contributed by atoms with E-state index in [0.29, 0.717) is 30.4 Å². The first-order valence-electron chi connectivity index (χ1n) is 9.52. The molecule has 4 rings (SSSR count). The average Bonchev–Trinajstić information content (AvgIpc) is 3.37. The fourth-order valence-corrected chi connectivity index (χ4v) is 4.28. The zero-order valence-electron chi connectivity index (χ0n) is 16.5. The number of methoxy groups -OCH3 is 1. The van der Waals surface area contributed by atoms with Crippen LogP contribution < -0.4 is 14.8 Å². The molecule has 0 aliphatic carbocycles. The smallest absolute Gasteiger partial charge is 0.320 e. The molecule has 0 amide bonds. The molecule has 0 bridgehead atoms. The molecule has 1 saturated heterocycles. The van der Waals surface area contributed by atoms with E-state index < -0.39 is 12.0 Å². The number of nitrogens with zero attached hydrogens (tertiary/aromatic N) is 2. The van der Waals surface area contributed by atoms with E-state index in [9.17, 15) is 9.90 Å². The number of hydrogen-bond acceptors (Lipinski definition) is 7. The summed E-state index contributed by atoms with van der Waals surface area (Å²) >= 11 is 1.55. The van der Waals surface area contributed by atoms with Gasteiger partial charge in [-0.1, -0.05) is 13.8 Å². The van der Waals surface area contributed by atoms with Gasteiger partial charge < -0.3 is 19.9 Å². The number of fused-ring (bicyclic) bond motifs is 1. The molecule has 2 unspecified atom stereocenters. The van der Waals surface area contributed by atoms with Crippen LogP contribution in [0.5, 0.6) is 11.5 Å². The van der Waals surface area contributed by atoms with Crippen molar-refractivity contribution in [1.82, 2.24) is 15.3 Å². The summed E-state index contributed by atoms with van der Waals surface area (Å²) in [5.74, 6) is 0.870. The average molecular weight is 413 g/mol. The van der Waals surface area contributed by atoms with Gasteiger partial charge in [-0.2, -0.15) is 0 Å². The second kappa shape index (κ2) is 7.96. The minimum Gasteiger partial charge on any atom is -0.497 e. The molecule has 2 N–H and O–H groups in total. The highest BCUT2D eigenvalue weighted by atomic mass is 32.1. The molecule has 0 radical (unpaired) electrons. The SMILES string of the molecule is COc1ccc2c(OC3CNC(C(=O)O)C3)cc(-c3nc(C(C)C)cs3)nc2c1. The lowest BCUT2D eigenvalue weighted by Crippen LogP contribution is -2.30. The van der Waals surface area contributed by atoms with Crippen LogP contribution in [-0.2, 0) is 4.79 Å². The van der Waals surface area contributed by atoms with E-state index in [1.165, 1.54) is 0 Å². The van der Waals surface area contributed by atoms with Crippen LogP contribution in [0.3, 0.4) is 0 Å². The maximum atomic E-state index is 11.2. The number of carbonyl (C=O) groups is 1. The molecular formula is C21H23N3O4S. The van der Waals surface area contributed by atoms with Gasteiger partial charge in [-0.3, -0.25) is 4.79 Å². The molecule has 0 spiro atoms. The first-order valence-corrected chi connectivity index (χ1v) is 10.4. The Hall–Kier alpha value is -2.71. The van der Waals surface area contributed by atoms with E-state index in [2.05, 4.69) is 24.5 Å². The summed E-state index contributed by atoms with van der Waals surface area (Å²) in [7, 11) is 1.62. The van der Waals surface area contributed by atoms with Crippen LogP contribution in [0.25, 0.3) is 21.6 Å². The second-order valence-corrected chi connectivity index (χ2v) is 8.25. The third-order valence-corrected chi connectivity index (χ3v) is 5.88. The number of benzene rings is 1. The number of rotatable bonds is 6. The van der Waals surface area contributed by atoms with Crippen LogP contribution in [-0.4, -0.2) is 46.8 Å². The normalized spacial score (nSPS) is 19.0. The topological polar surface area (TPSA) is 93.6 Å². The minimum absolute atomic E-state index is 0.223. The van der Waals surface area contributed by atoms with E-state index in [1.54, 1.807) is 18.4 Å². The highest BCUT2D eigenvalue weighted by Crippen LogP contribution is 2.35. The third-order valence-electron chi connectivity index (χ3n) is 4.99. The van der Waals surface area contributed by atoms with Crippen molar-refractivity contribution >= 4 is 28.2 Å². The monoisotopic (exact) mass is 413 g/mol. The highest BCUT2D eigenvalue weighted by Gasteiger charge is 2.31. The van der Waals surface area contributed by atoms with Crippen molar-refractivity contribution in [3.8, 4) is 22.2 Å². The summed E-state index contributed by atoms with van der Waals surface area (Å²) in [4.78, 5) is 20.7. The molecule has 29 heavy (non-hydrogen) atoms. The van der Waals surface area contributed by atoms with Crippen molar-refractivity contribution in [2.24, 2.45) is 0 Å². The lowest BCUT2D eigenvalue weighted by atomic mass is 10.1. The number of carboxylic acid groups (broad SMARTS) is 1. The molecule has 3 heterocycles. The molecule has 8 heteroatoms. The molecule has 152 valence electrons. The number of aliphatic carboxylic acids is 1. The zero-order valence-corrected chi connectivity index (χ0v) is 17.3. The van der Waals surface area contributed by atoms with Crippen LogP contribution in [0.4, 0.5) is 0 Å². The van der Waals surface area contributed by atoms with Crippen molar-refractivity contribution in [2.75, 3.05) is 13.7 Å². The molecule has 1 aliphatic heterocycles. The number of aromatic nitrogens is 2. The van der Waals surface area contributed by atoms with Gasteiger partial charge in [0.05, 0.1) is 18.3 Å². The van der Waals surface area contributed by atoms with Crippen LogP contribution in [0.2, 0.25) is 0 Å². The van der Waals surface area contributed by atoms with Crippen molar-refractivity contribution < 1.29 is 19.4 Å². The fraction of sp³-hybridized carbons (Fsp3) is 0.381. The first-order chi connectivity index (χ1) is 13.9. The van der Waals surface area contributed by atoms with Crippen LogP contribution >= 0.6 is 11.3 Å².